The van der Waals surface area contributed by atoms with E-state index >= 15 is 0 Å². The van der Waals surface area contributed by atoms with E-state index in [0.717, 1.165) is 5.56 Å². The van der Waals surface area contributed by atoms with Gasteiger partial charge < -0.3 is 15.8 Å². The summed E-state index contributed by atoms with van der Waals surface area (Å²) in [6.07, 6.45) is 0.713. The van der Waals surface area contributed by atoms with Gasteiger partial charge in [0.15, 0.2) is 0 Å². The van der Waals surface area contributed by atoms with E-state index in [2.05, 4.69) is 5.32 Å². The average Bonchev–Trinajstić information content (AvgIpc) is 2.33. The van der Waals surface area contributed by atoms with Gasteiger partial charge in [-0.1, -0.05) is 6.07 Å². The maximum absolute atomic E-state index is 12.1. The van der Waals surface area contributed by atoms with Crippen LogP contribution in [0.2, 0.25) is 0 Å². The van der Waals surface area contributed by atoms with E-state index in [9.17, 15) is 4.79 Å². The third kappa shape index (κ3) is 4.13. The fourth-order valence-electron chi connectivity index (χ4n) is 1.75. The molecule has 0 saturated carbocycles. The molecule has 0 aliphatic rings. The second-order valence-electron chi connectivity index (χ2n) is 4.50. The van der Waals surface area contributed by atoms with Gasteiger partial charge in [0.25, 0.3) is 5.91 Å². The second kappa shape index (κ2) is 7.13. The number of carbonyl (C=O) groups excluding carboxylic acids is 1. The Kier molecular flexibility index (Phi) is 5.82. The number of hydrogen-bond acceptors (Lipinski definition) is 3. The van der Waals surface area contributed by atoms with Crippen LogP contribution in [0.3, 0.4) is 0 Å². The molecule has 0 aliphatic carbocycles. The number of rotatable bonds is 6. The van der Waals surface area contributed by atoms with Crippen LogP contribution in [0, 0.1) is 13.8 Å². The molecule has 1 atom stereocenters. The smallest absolute Gasteiger partial charge is 0.251 e. The highest BCUT2D eigenvalue weighted by Crippen LogP contribution is 2.10. The van der Waals surface area contributed by atoms with Crippen LogP contribution in [0.1, 0.15) is 27.9 Å². The zero-order valence-corrected chi connectivity index (χ0v) is 11.3. The van der Waals surface area contributed by atoms with E-state index < -0.39 is 0 Å². The first-order valence-corrected chi connectivity index (χ1v) is 6.15. The van der Waals surface area contributed by atoms with Crippen LogP contribution in [-0.4, -0.2) is 32.2 Å². The summed E-state index contributed by atoms with van der Waals surface area (Å²) in [4.78, 5) is 12.1. The summed E-state index contributed by atoms with van der Waals surface area (Å²) in [6.45, 7) is 5.03. The molecule has 0 radical (unpaired) electrons. The lowest BCUT2D eigenvalue weighted by Crippen LogP contribution is -2.39. The van der Waals surface area contributed by atoms with Crippen molar-refractivity contribution in [2.24, 2.45) is 5.73 Å². The number of nitrogens with one attached hydrogen (secondary N) is 1. The molecule has 1 rings (SSSR count). The summed E-state index contributed by atoms with van der Waals surface area (Å²) in [6, 6.07) is 5.66. The van der Waals surface area contributed by atoms with Crippen molar-refractivity contribution >= 4 is 5.91 Å². The van der Waals surface area contributed by atoms with Crippen molar-refractivity contribution in [1.29, 1.82) is 0 Å². The van der Waals surface area contributed by atoms with Gasteiger partial charge in [0.2, 0.25) is 0 Å². The first-order chi connectivity index (χ1) is 8.58. The van der Waals surface area contributed by atoms with Gasteiger partial charge in [-0.3, -0.25) is 4.79 Å². The lowest BCUT2D eigenvalue weighted by atomic mass is 10.1. The van der Waals surface area contributed by atoms with Gasteiger partial charge in [0, 0.05) is 12.7 Å². The average molecular weight is 250 g/mol. The molecule has 18 heavy (non-hydrogen) atoms. The molecule has 0 heterocycles. The van der Waals surface area contributed by atoms with Crippen molar-refractivity contribution in [3.8, 4) is 0 Å². The largest absolute Gasteiger partial charge is 0.383 e. The minimum Gasteiger partial charge on any atom is -0.383 e. The van der Waals surface area contributed by atoms with E-state index in [1.165, 1.54) is 5.56 Å². The molecule has 4 nitrogen and oxygen atoms in total. The Morgan fingerprint density at radius 1 is 1.39 bits per heavy atom. The summed E-state index contributed by atoms with van der Waals surface area (Å²) >= 11 is 0. The fourth-order valence-corrected chi connectivity index (χ4v) is 1.75. The molecule has 0 bridgehead atoms. The molecule has 0 fully saturated rings. The Morgan fingerprint density at radius 2 is 2.11 bits per heavy atom. The van der Waals surface area contributed by atoms with Crippen molar-refractivity contribution in [2.45, 2.75) is 26.3 Å². The molecule has 3 N–H and O–H groups in total. The maximum atomic E-state index is 12.1. The van der Waals surface area contributed by atoms with Crippen LogP contribution in [-0.2, 0) is 4.74 Å². The van der Waals surface area contributed by atoms with Crippen LogP contribution in [0.15, 0.2) is 18.2 Å². The van der Waals surface area contributed by atoms with Crippen molar-refractivity contribution in [1.82, 2.24) is 5.32 Å². The van der Waals surface area contributed by atoms with E-state index in [1.807, 2.05) is 32.0 Å². The number of methoxy groups -OCH3 is 1. The van der Waals surface area contributed by atoms with E-state index in [-0.39, 0.29) is 11.9 Å². The molecule has 0 aliphatic heterocycles. The van der Waals surface area contributed by atoms with Crippen LogP contribution in [0.5, 0.6) is 0 Å². The van der Waals surface area contributed by atoms with Gasteiger partial charge in [-0.2, -0.15) is 0 Å². The molecule has 0 saturated heterocycles. The van der Waals surface area contributed by atoms with Crippen molar-refractivity contribution < 1.29 is 9.53 Å². The predicted molar refractivity (Wildman–Crippen MR) is 72.7 cm³/mol. The summed E-state index contributed by atoms with van der Waals surface area (Å²) in [5.41, 5.74) is 8.49. The summed E-state index contributed by atoms with van der Waals surface area (Å²) in [5, 5.41) is 2.94. The lowest BCUT2D eigenvalue weighted by molar-refractivity contribution is 0.0893. The topological polar surface area (TPSA) is 64.3 Å². The highest BCUT2D eigenvalue weighted by Gasteiger charge is 2.13. The molecule has 0 aromatic heterocycles. The van der Waals surface area contributed by atoms with Crippen molar-refractivity contribution in [3.05, 3.63) is 34.9 Å². The predicted octanol–water partition coefficient (Wildman–Crippen LogP) is 1.40. The summed E-state index contributed by atoms with van der Waals surface area (Å²) < 4.78 is 5.07. The van der Waals surface area contributed by atoms with Crippen LogP contribution < -0.4 is 11.1 Å². The lowest BCUT2D eigenvalue weighted by Gasteiger charge is -2.17. The van der Waals surface area contributed by atoms with E-state index in [4.69, 9.17) is 10.5 Å². The third-order valence-corrected chi connectivity index (χ3v) is 2.99. The van der Waals surface area contributed by atoms with E-state index in [1.54, 1.807) is 7.11 Å². The quantitative estimate of drug-likeness (QED) is 0.802. The van der Waals surface area contributed by atoms with Crippen LogP contribution >= 0.6 is 0 Å². The summed E-state index contributed by atoms with van der Waals surface area (Å²) in [5.74, 6) is -0.0754. The molecule has 4 heteroatoms. The maximum Gasteiger partial charge on any atom is 0.251 e. The van der Waals surface area contributed by atoms with Crippen molar-refractivity contribution in [2.75, 3.05) is 20.3 Å². The first kappa shape index (κ1) is 14.7. The van der Waals surface area contributed by atoms with Gasteiger partial charge in [-0.15, -0.1) is 0 Å². The molecular weight excluding hydrogens is 228 g/mol. The number of benzene rings is 1. The Morgan fingerprint density at radius 3 is 2.67 bits per heavy atom. The van der Waals surface area contributed by atoms with Gasteiger partial charge >= 0.3 is 0 Å². The first-order valence-electron chi connectivity index (χ1n) is 6.15. The second-order valence-corrected chi connectivity index (χ2v) is 4.50. The van der Waals surface area contributed by atoms with Gasteiger partial charge in [0.1, 0.15) is 0 Å². The minimum atomic E-state index is -0.0754. The number of ether oxygens (including phenoxy) is 1. The molecule has 1 unspecified atom stereocenters. The number of hydrogen-bond donors (Lipinski definition) is 2. The Hall–Kier alpha value is -1.39. The van der Waals surface area contributed by atoms with Gasteiger partial charge in [-0.05, 0) is 50.1 Å². The molecule has 1 amide bonds. The number of amides is 1. The minimum absolute atomic E-state index is 0.0332. The highest BCUT2D eigenvalue weighted by molar-refractivity contribution is 5.94. The Labute approximate surface area is 109 Å². The van der Waals surface area contributed by atoms with E-state index in [0.29, 0.717) is 25.1 Å². The third-order valence-electron chi connectivity index (χ3n) is 2.99. The van der Waals surface area contributed by atoms with Crippen LogP contribution in [0.4, 0.5) is 0 Å². The van der Waals surface area contributed by atoms with Crippen LogP contribution in [0.25, 0.3) is 0 Å². The number of nitrogens with two attached hydrogens (primary N) is 1. The monoisotopic (exact) mass is 250 g/mol. The normalized spacial score (nSPS) is 12.2. The standard InChI is InChI=1S/C14H22N2O2/c1-10-4-5-12(8-11(10)2)14(17)16-13(6-7-15)9-18-3/h4-5,8,13H,6-7,9,15H2,1-3H3,(H,16,17). The molecular formula is C14H22N2O2. The highest BCUT2D eigenvalue weighted by atomic mass is 16.5. The zero-order valence-electron chi connectivity index (χ0n) is 11.3. The van der Waals surface area contributed by atoms with Gasteiger partial charge in [0.05, 0.1) is 12.6 Å². The number of carbonyl (C=O) groups is 1. The molecule has 1 aromatic rings. The SMILES string of the molecule is COCC(CCN)NC(=O)c1ccc(C)c(C)c1. The Bertz CT molecular complexity index is 399. The summed E-state index contributed by atoms with van der Waals surface area (Å²) in [7, 11) is 1.62. The number of aryl methyl sites for hydroxylation is 2. The Balaban J connectivity index is 2.70. The zero-order chi connectivity index (χ0) is 13.5. The molecule has 1 aromatic carbocycles. The van der Waals surface area contributed by atoms with Gasteiger partial charge in [-0.25, -0.2) is 0 Å². The fraction of sp³-hybridized carbons (Fsp3) is 0.500. The molecule has 0 spiro atoms. The van der Waals surface area contributed by atoms with Crippen molar-refractivity contribution in [3.63, 3.8) is 0 Å². The molecule has 100 valence electrons.